The Morgan fingerprint density at radius 3 is 1.69 bits per heavy atom. The van der Waals surface area contributed by atoms with Gasteiger partial charge in [-0.15, -0.1) is 0 Å². The smallest absolute Gasteiger partial charge is 0.335 e. The van der Waals surface area contributed by atoms with Gasteiger partial charge in [0.1, 0.15) is 0 Å². The van der Waals surface area contributed by atoms with Crippen LogP contribution in [0.3, 0.4) is 0 Å². The lowest BCUT2D eigenvalue weighted by atomic mass is 10.1. The first kappa shape index (κ1) is 27.0. The number of aliphatic hydroxyl groups is 1. The van der Waals surface area contributed by atoms with Crippen molar-refractivity contribution in [3.63, 3.8) is 0 Å². The Balaban J connectivity index is 0.000000571. The van der Waals surface area contributed by atoms with Crippen molar-refractivity contribution in [1.82, 2.24) is 5.32 Å². The number of rotatable bonds is 15. The van der Waals surface area contributed by atoms with Crippen LogP contribution < -0.4 is 5.32 Å². The van der Waals surface area contributed by atoms with E-state index in [-0.39, 0.29) is 5.56 Å². The van der Waals surface area contributed by atoms with Crippen LogP contribution in [0, 0.1) is 0 Å². The van der Waals surface area contributed by atoms with E-state index in [4.69, 9.17) is 25.5 Å². The summed E-state index contributed by atoms with van der Waals surface area (Å²) in [6.07, 6.45) is 14.9. The van der Waals surface area contributed by atoms with E-state index >= 15 is 0 Å². The van der Waals surface area contributed by atoms with E-state index in [1.807, 2.05) is 0 Å². The van der Waals surface area contributed by atoms with Crippen LogP contribution in [0.1, 0.15) is 87.9 Å². The zero-order chi connectivity index (χ0) is 21.9. The predicted octanol–water partition coefficient (Wildman–Crippen LogP) is 4.38. The average molecular weight is 414 g/mol. The number of carboxylic acids is 1. The van der Waals surface area contributed by atoms with Gasteiger partial charge >= 0.3 is 5.97 Å². The highest BCUT2D eigenvalue weighted by molar-refractivity contribution is 5.89. The van der Waals surface area contributed by atoms with Crippen LogP contribution in [0.4, 0.5) is 0 Å². The molecule has 7 heteroatoms. The molecule has 6 N–H and O–H groups in total. The van der Waals surface area contributed by atoms with Crippen LogP contribution in [0.25, 0.3) is 0 Å². The van der Waals surface area contributed by atoms with Gasteiger partial charge in [0.15, 0.2) is 17.2 Å². The number of phenols is 3. The second-order valence-electron chi connectivity index (χ2n) is 7.18. The minimum absolute atomic E-state index is 0.289. The molecule has 0 aliphatic heterocycles. The Morgan fingerprint density at radius 2 is 1.24 bits per heavy atom. The number of nitrogens with one attached hydrogen (secondary N) is 1. The quantitative estimate of drug-likeness (QED) is 0.186. The first-order chi connectivity index (χ1) is 13.9. The zero-order valence-electron chi connectivity index (χ0n) is 17.7. The van der Waals surface area contributed by atoms with Crippen molar-refractivity contribution < 1.29 is 30.3 Å². The minimum Gasteiger partial charge on any atom is -0.504 e. The van der Waals surface area contributed by atoms with Gasteiger partial charge in [0.05, 0.1) is 5.56 Å². The fourth-order valence-corrected chi connectivity index (χ4v) is 2.79. The standard InChI is InChI=1S/C15H33NO.C7H6O5/c1-2-3-4-5-6-7-8-9-10-11-13-16-14-12-15-17;8-4-1-3(7(11)12)2-5(9)6(4)10/h16-17H,2-15H2,1H3;1-2,8-10H,(H,11,12). The Morgan fingerprint density at radius 1 is 0.793 bits per heavy atom. The summed E-state index contributed by atoms with van der Waals surface area (Å²) >= 11 is 0. The Kier molecular flexibility index (Phi) is 16.8. The van der Waals surface area contributed by atoms with Crippen LogP contribution >= 0.6 is 0 Å². The van der Waals surface area contributed by atoms with Crippen LogP contribution in [0.2, 0.25) is 0 Å². The molecule has 0 saturated heterocycles. The number of benzene rings is 1. The second-order valence-corrected chi connectivity index (χ2v) is 7.18. The summed E-state index contributed by atoms with van der Waals surface area (Å²) in [4.78, 5) is 10.3. The molecular formula is C22H39NO6. The van der Waals surface area contributed by atoms with Gasteiger partial charge in [-0.25, -0.2) is 4.79 Å². The van der Waals surface area contributed by atoms with E-state index in [9.17, 15) is 4.79 Å². The Hall–Kier alpha value is -1.99. The number of phenolic OH excluding ortho intramolecular Hbond substituents is 3. The molecule has 0 radical (unpaired) electrons. The molecule has 0 aliphatic carbocycles. The normalized spacial score (nSPS) is 10.4. The molecule has 0 heterocycles. The first-order valence-corrected chi connectivity index (χ1v) is 10.7. The van der Waals surface area contributed by atoms with Crippen LogP contribution in [-0.2, 0) is 0 Å². The zero-order valence-corrected chi connectivity index (χ0v) is 17.7. The molecule has 0 aliphatic rings. The molecule has 0 bridgehead atoms. The lowest BCUT2D eigenvalue weighted by molar-refractivity contribution is 0.0696. The fraction of sp³-hybridized carbons (Fsp3) is 0.682. The maximum Gasteiger partial charge on any atom is 0.335 e. The number of aromatic hydroxyl groups is 3. The highest BCUT2D eigenvalue weighted by Crippen LogP contribution is 2.35. The maximum atomic E-state index is 10.3. The number of unbranched alkanes of at least 4 members (excludes halogenated alkanes) is 9. The molecule has 0 saturated carbocycles. The van der Waals surface area contributed by atoms with E-state index in [0.717, 1.165) is 31.6 Å². The SMILES string of the molecule is CCCCCCCCCCCCNCCCO.O=C(O)c1cc(O)c(O)c(O)c1. The van der Waals surface area contributed by atoms with Crippen molar-refractivity contribution in [3.8, 4) is 17.2 Å². The number of hydrogen-bond acceptors (Lipinski definition) is 6. The molecule has 0 aromatic heterocycles. The van der Waals surface area contributed by atoms with Gasteiger partial charge in [0.25, 0.3) is 0 Å². The Labute approximate surface area is 174 Å². The third-order valence-corrected chi connectivity index (χ3v) is 4.54. The van der Waals surface area contributed by atoms with Crippen LogP contribution in [0.5, 0.6) is 17.2 Å². The molecule has 0 atom stereocenters. The number of carboxylic acid groups (broad SMARTS) is 1. The molecule has 1 aromatic carbocycles. The lowest BCUT2D eigenvalue weighted by Gasteiger charge is -2.04. The molecule has 168 valence electrons. The van der Waals surface area contributed by atoms with Crippen molar-refractivity contribution >= 4 is 5.97 Å². The van der Waals surface area contributed by atoms with Gasteiger partial charge in [-0.3, -0.25) is 0 Å². The fourth-order valence-electron chi connectivity index (χ4n) is 2.79. The summed E-state index contributed by atoms with van der Waals surface area (Å²) in [5.41, 5.74) is -0.289. The predicted molar refractivity (Wildman–Crippen MR) is 115 cm³/mol. The molecule has 29 heavy (non-hydrogen) atoms. The number of carbonyl (C=O) groups is 1. The molecule has 7 nitrogen and oxygen atoms in total. The topological polar surface area (TPSA) is 130 Å². The monoisotopic (exact) mass is 413 g/mol. The summed E-state index contributed by atoms with van der Waals surface area (Å²) in [5.74, 6) is -3.33. The third-order valence-electron chi connectivity index (χ3n) is 4.54. The number of aliphatic hydroxyl groups excluding tert-OH is 1. The summed E-state index contributed by atoms with van der Waals surface area (Å²) < 4.78 is 0. The van der Waals surface area contributed by atoms with E-state index in [1.54, 1.807) is 0 Å². The van der Waals surface area contributed by atoms with Crippen LogP contribution in [0.15, 0.2) is 12.1 Å². The van der Waals surface area contributed by atoms with Crippen molar-refractivity contribution in [2.24, 2.45) is 0 Å². The largest absolute Gasteiger partial charge is 0.504 e. The minimum atomic E-state index is -1.29. The van der Waals surface area contributed by atoms with Crippen molar-refractivity contribution in [3.05, 3.63) is 17.7 Å². The van der Waals surface area contributed by atoms with Crippen LogP contribution in [-0.4, -0.2) is 51.2 Å². The van der Waals surface area contributed by atoms with Gasteiger partial charge in [0, 0.05) is 6.61 Å². The summed E-state index contributed by atoms with van der Waals surface area (Å²) in [6, 6.07) is 1.69. The summed E-state index contributed by atoms with van der Waals surface area (Å²) in [6.45, 7) is 4.67. The van der Waals surface area contributed by atoms with E-state index in [0.29, 0.717) is 6.61 Å². The molecule has 0 fully saturated rings. The summed E-state index contributed by atoms with van der Waals surface area (Å²) in [5, 5.41) is 46.9. The second kappa shape index (κ2) is 18.1. The van der Waals surface area contributed by atoms with Crippen molar-refractivity contribution in [1.29, 1.82) is 0 Å². The first-order valence-electron chi connectivity index (χ1n) is 10.7. The van der Waals surface area contributed by atoms with E-state index < -0.39 is 23.2 Å². The highest BCUT2D eigenvalue weighted by atomic mass is 16.4. The van der Waals surface area contributed by atoms with Gasteiger partial charge in [-0.2, -0.15) is 0 Å². The molecule has 1 rings (SSSR count). The van der Waals surface area contributed by atoms with Gasteiger partial charge < -0.3 is 30.8 Å². The van der Waals surface area contributed by atoms with Gasteiger partial charge in [-0.05, 0) is 38.1 Å². The van der Waals surface area contributed by atoms with Gasteiger partial charge in [0.2, 0.25) is 0 Å². The van der Waals surface area contributed by atoms with Crippen molar-refractivity contribution in [2.75, 3.05) is 19.7 Å². The number of hydrogen-bond donors (Lipinski definition) is 6. The maximum absolute atomic E-state index is 10.3. The average Bonchev–Trinajstić information content (AvgIpc) is 2.69. The molecule has 0 unspecified atom stereocenters. The van der Waals surface area contributed by atoms with Gasteiger partial charge in [-0.1, -0.05) is 64.7 Å². The summed E-state index contributed by atoms with van der Waals surface area (Å²) in [7, 11) is 0. The van der Waals surface area contributed by atoms with E-state index in [1.165, 1.54) is 64.2 Å². The third kappa shape index (κ3) is 14.6. The molecular weight excluding hydrogens is 374 g/mol. The highest BCUT2D eigenvalue weighted by Gasteiger charge is 2.11. The molecule has 1 aromatic rings. The lowest BCUT2D eigenvalue weighted by Crippen LogP contribution is -2.17. The van der Waals surface area contributed by atoms with Crippen molar-refractivity contribution in [2.45, 2.75) is 77.6 Å². The molecule has 0 amide bonds. The molecule has 0 spiro atoms. The Bertz CT molecular complexity index is 513. The van der Waals surface area contributed by atoms with E-state index in [2.05, 4.69) is 12.2 Å². The number of aromatic carboxylic acids is 1.